The van der Waals surface area contributed by atoms with Crippen molar-refractivity contribution >= 4 is 17.6 Å². The Morgan fingerprint density at radius 1 is 1.47 bits per heavy atom. The predicted octanol–water partition coefficient (Wildman–Crippen LogP) is 3.43. The number of halogens is 1. The van der Waals surface area contributed by atoms with Gasteiger partial charge in [-0.1, -0.05) is 20.4 Å². The number of nitrogens with zero attached hydrogens (tertiary/aromatic N) is 1. The molecule has 0 saturated carbocycles. The van der Waals surface area contributed by atoms with E-state index < -0.39 is 4.87 Å². The Morgan fingerprint density at radius 2 is 2.00 bits per heavy atom. The van der Waals surface area contributed by atoms with E-state index in [0.717, 1.165) is 31.6 Å². The summed E-state index contributed by atoms with van der Waals surface area (Å²) in [7, 11) is 0. The van der Waals surface area contributed by atoms with Gasteiger partial charge in [-0.25, -0.2) is 0 Å². The van der Waals surface area contributed by atoms with Crippen LogP contribution in [0.15, 0.2) is 12.3 Å². The van der Waals surface area contributed by atoms with Crippen molar-refractivity contribution in [1.82, 2.24) is 4.90 Å². The highest BCUT2D eigenvalue weighted by Gasteiger charge is 2.35. The molecule has 0 spiro atoms. The van der Waals surface area contributed by atoms with Crippen LogP contribution < -0.4 is 0 Å². The van der Waals surface area contributed by atoms with Gasteiger partial charge in [0, 0.05) is 18.8 Å². The molecule has 1 saturated heterocycles. The molecule has 0 bridgehead atoms. The first-order valence-electron chi connectivity index (χ1n) is 7.10. The van der Waals surface area contributed by atoms with Gasteiger partial charge in [0.2, 0.25) is 0 Å². The zero-order valence-electron chi connectivity index (χ0n) is 12.5. The standard InChI is InChI=1S/C15H26ClNO2/c1-6-19-14(18)13-7-9-17(10-8-13)12(4)15(5,16)11(2)3/h11,13H,4,6-10H2,1-3,5H3. The minimum absolute atomic E-state index is 0.0321. The van der Waals surface area contributed by atoms with Crippen LogP contribution in [-0.2, 0) is 9.53 Å². The molecule has 0 amide bonds. The molecule has 0 aliphatic carbocycles. The molecule has 0 N–H and O–H groups in total. The highest BCUT2D eigenvalue weighted by Crippen LogP contribution is 2.35. The van der Waals surface area contributed by atoms with Crippen LogP contribution in [0, 0.1) is 11.8 Å². The fraction of sp³-hybridized carbons (Fsp3) is 0.800. The maximum Gasteiger partial charge on any atom is 0.309 e. The average Bonchev–Trinajstić information content (AvgIpc) is 2.38. The highest BCUT2D eigenvalue weighted by molar-refractivity contribution is 6.25. The second-order valence-corrected chi connectivity index (χ2v) is 6.48. The lowest BCUT2D eigenvalue weighted by Gasteiger charge is -2.40. The Balaban J connectivity index is 2.55. The molecule has 0 radical (unpaired) electrons. The molecule has 1 unspecified atom stereocenters. The van der Waals surface area contributed by atoms with E-state index in [0.29, 0.717) is 12.5 Å². The summed E-state index contributed by atoms with van der Waals surface area (Å²) in [6.45, 7) is 14.3. The summed E-state index contributed by atoms with van der Waals surface area (Å²) in [6.07, 6.45) is 1.64. The van der Waals surface area contributed by atoms with Crippen LogP contribution in [0.25, 0.3) is 0 Å². The third-order valence-corrected chi connectivity index (χ3v) is 4.80. The normalized spacial score (nSPS) is 20.2. The summed E-state index contributed by atoms with van der Waals surface area (Å²) in [6, 6.07) is 0. The number of esters is 1. The number of likely N-dealkylation sites (tertiary alicyclic amines) is 1. The number of carbonyl (C=O) groups excluding carboxylic acids is 1. The van der Waals surface area contributed by atoms with Crippen LogP contribution in [0.5, 0.6) is 0 Å². The van der Waals surface area contributed by atoms with Crippen molar-refractivity contribution in [1.29, 1.82) is 0 Å². The number of piperidine rings is 1. The second kappa shape index (κ2) is 6.65. The van der Waals surface area contributed by atoms with Gasteiger partial charge in [0.15, 0.2) is 0 Å². The van der Waals surface area contributed by atoms with E-state index in [-0.39, 0.29) is 11.9 Å². The number of rotatable bonds is 5. The lowest BCUT2D eigenvalue weighted by Crippen LogP contribution is -2.43. The van der Waals surface area contributed by atoms with E-state index in [4.69, 9.17) is 16.3 Å². The molecule has 0 aromatic heterocycles. The largest absolute Gasteiger partial charge is 0.466 e. The molecule has 1 rings (SSSR count). The van der Waals surface area contributed by atoms with Gasteiger partial charge in [-0.05, 0) is 32.6 Å². The van der Waals surface area contributed by atoms with Crippen molar-refractivity contribution in [3.05, 3.63) is 12.3 Å². The number of hydrogen-bond donors (Lipinski definition) is 0. The van der Waals surface area contributed by atoms with E-state index >= 15 is 0 Å². The minimum Gasteiger partial charge on any atom is -0.466 e. The van der Waals surface area contributed by atoms with Crippen molar-refractivity contribution in [2.75, 3.05) is 19.7 Å². The van der Waals surface area contributed by atoms with Crippen molar-refractivity contribution in [3.8, 4) is 0 Å². The van der Waals surface area contributed by atoms with Crippen molar-refractivity contribution in [2.24, 2.45) is 11.8 Å². The molecule has 4 heteroatoms. The first-order chi connectivity index (χ1) is 8.80. The van der Waals surface area contributed by atoms with Gasteiger partial charge in [-0.15, -0.1) is 11.6 Å². The first kappa shape index (κ1) is 16.4. The molecule has 110 valence electrons. The van der Waals surface area contributed by atoms with Crippen LogP contribution in [-0.4, -0.2) is 35.4 Å². The molecule has 1 heterocycles. The molecule has 1 fully saturated rings. The Bertz CT molecular complexity index is 331. The molecule has 19 heavy (non-hydrogen) atoms. The maximum atomic E-state index is 11.7. The van der Waals surface area contributed by atoms with Crippen LogP contribution in [0.4, 0.5) is 0 Å². The fourth-order valence-electron chi connectivity index (χ4n) is 2.29. The SMILES string of the molecule is C=C(N1CCC(C(=O)OCC)CC1)C(C)(Cl)C(C)C. The zero-order valence-corrected chi connectivity index (χ0v) is 13.3. The van der Waals surface area contributed by atoms with Gasteiger partial charge in [0.25, 0.3) is 0 Å². The number of ether oxygens (including phenoxy) is 1. The number of allylic oxidation sites excluding steroid dienone is 1. The summed E-state index contributed by atoms with van der Waals surface area (Å²) in [5, 5.41) is 0. The summed E-state index contributed by atoms with van der Waals surface area (Å²) in [4.78, 5) is 13.5. The number of hydrogen-bond acceptors (Lipinski definition) is 3. The van der Waals surface area contributed by atoms with Gasteiger partial charge in [-0.2, -0.15) is 0 Å². The van der Waals surface area contributed by atoms with E-state index in [1.165, 1.54) is 0 Å². The monoisotopic (exact) mass is 287 g/mol. The number of alkyl halides is 1. The van der Waals surface area contributed by atoms with Gasteiger partial charge >= 0.3 is 5.97 Å². The third-order valence-electron chi connectivity index (χ3n) is 4.15. The topological polar surface area (TPSA) is 29.5 Å². The molecular weight excluding hydrogens is 262 g/mol. The number of carbonyl (C=O) groups is 1. The Hall–Kier alpha value is -0.700. The predicted molar refractivity (Wildman–Crippen MR) is 79.2 cm³/mol. The molecule has 1 aliphatic rings. The maximum absolute atomic E-state index is 11.7. The van der Waals surface area contributed by atoms with Crippen LogP contribution in [0.1, 0.15) is 40.5 Å². The van der Waals surface area contributed by atoms with E-state index in [1.54, 1.807) is 0 Å². The van der Waals surface area contributed by atoms with Gasteiger partial charge in [0.1, 0.15) is 0 Å². The zero-order chi connectivity index (χ0) is 14.6. The quantitative estimate of drug-likeness (QED) is 0.573. The first-order valence-corrected chi connectivity index (χ1v) is 7.48. The second-order valence-electron chi connectivity index (χ2n) is 5.69. The molecule has 0 aromatic rings. The molecule has 0 aromatic carbocycles. The lowest BCUT2D eigenvalue weighted by molar-refractivity contribution is -0.149. The van der Waals surface area contributed by atoms with Crippen LogP contribution in [0.2, 0.25) is 0 Å². The minimum atomic E-state index is -0.420. The Labute approximate surface area is 121 Å². The summed E-state index contributed by atoms with van der Waals surface area (Å²) in [5.74, 6) is 0.291. The average molecular weight is 288 g/mol. The molecule has 3 nitrogen and oxygen atoms in total. The third kappa shape index (κ3) is 3.88. The molecule has 1 atom stereocenters. The van der Waals surface area contributed by atoms with Crippen molar-refractivity contribution in [2.45, 2.75) is 45.4 Å². The summed E-state index contributed by atoms with van der Waals surface area (Å²) >= 11 is 6.57. The summed E-state index contributed by atoms with van der Waals surface area (Å²) in [5.41, 5.74) is 0.964. The smallest absolute Gasteiger partial charge is 0.309 e. The molecule has 1 aliphatic heterocycles. The van der Waals surface area contributed by atoms with Crippen molar-refractivity contribution < 1.29 is 9.53 Å². The van der Waals surface area contributed by atoms with Gasteiger partial charge < -0.3 is 9.64 Å². The van der Waals surface area contributed by atoms with E-state index in [1.807, 2.05) is 13.8 Å². The Morgan fingerprint density at radius 3 is 2.42 bits per heavy atom. The van der Waals surface area contributed by atoms with Crippen LogP contribution >= 0.6 is 11.6 Å². The van der Waals surface area contributed by atoms with Crippen molar-refractivity contribution in [3.63, 3.8) is 0 Å². The fourth-order valence-corrected chi connectivity index (χ4v) is 2.41. The Kier molecular flexibility index (Phi) is 5.72. The highest BCUT2D eigenvalue weighted by atomic mass is 35.5. The van der Waals surface area contributed by atoms with Gasteiger partial charge in [0.05, 0.1) is 17.4 Å². The van der Waals surface area contributed by atoms with Gasteiger partial charge in [-0.3, -0.25) is 4.79 Å². The molecular formula is C15H26ClNO2. The van der Waals surface area contributed by atoms with E-state index in [9.17, 15) is 4.79 Å². The summed E-state index contributed by atoms with van der Waals surface area (Å²) < 4.78 is 5.08. The van der Waals surface area contributed by atoms with Crippen LogP contribution in [0.3, 0.4) is 0 Å². The van der Waals surface area contributed by atoms with E-state index in [2.05, 4.69) is 25.3 Å². The lowest BCUT2D eigenvalue weighted by atomic mass is 9.90.